The Labute approximate surface area is 295 Å². The molecule has 0 bridgehead atoms. The molecule has 0 saturated carbocycles. The zero-order valence-corrected chi connectivity index (χ0v) is 31.8. The third kappa shape index (κ3) is 22.3. The molecule has 0 aliphatic heterocycles. The van der Waals surface area contributed by atoms with Gasteiger partial charge in [0.15, 0.2) is 0 Å². The predicted octanol–water partition coefficient (Wildman–Crippen LogP) is 0.629. The Morgan fingerprint density at radius 3 is 1.30 bits per heavy atom. The molecule has 16 heteroatoms. The minimum absolute atomic E-state index is 0. The number of aliphatic hydroxyl groups is 4. The summed E-state index contributed by atoms with van der Waals surface area (Å²) in [6.07, 6.45) is -1.08. The molecular weight excluding hydrogens is 743 g/mol. The third-order valence-corrected chi connectivity index (χ3v) is 6.17. The van der Waals surface area contributed by atoms with Crippen LogP contribution in [0.4, 0.5) is 0 Å². The van der Waals surface area contributed by atoms with Gasteiger partial charge in [0.05, 0.1) is 31.7 Å². The molecule has 37 heavy (non-hydrogen) atoms. The van der Waals surface area contributed by atoms with E-state index >= 15 is 0 Å². The van der Waals surface area contributed by atoms with E-state index in [2.05, 4.69) is 4.18 Å². The monoisotopic (exact) mass is 785 g/mol. The average Bonchev–Trinajstić information content (AvgIpc) is 2.65. The first-order valence-corrected chi connectivity index (χ1v) is 12.2. The second kappa shape index (κ2) is 22.5. The summed E-state index contributed by atoms with van der Waals surface area (Å²) in [4.78, 5) is 21.6. The van der Waals surface area contributed by atoms with Gasteiger partial charge >= 0.3 is 22.3 Å². The van der Waals surface area contributed by atoms with Crippen molar-refractivity contribution in [2.24, 2.45) is 34.5 Å². The van der Waals surface area contributed by atoms with Crippen LogP contribution in [-0.4, -0.2) is 88.1 Å². The summed E-state index contributed by atoms with van der Waals surface area (Å²) in [5, 5.41) is 53.9. The molecule has 0 aromatic heterocycles. The van der Waals surface area contributed by atoms with E-state index in [-0.39, 0.29) is 129 Å². The second-order valence-corrected chi connectivity index (χ2v) is 11.4. The van der Waals surface area contributed by atoms with E-state index < -0.39 is 64.8 Å². The minimum atomic E-state index is -4.77. The van der Waals surface area contributed by atoms with E-state index in [9.17, 15) is 23.1 Å². The number of rotatable bonds is 13. The Morgan fingerprint density at radius 2 is 1.08 bits per heavy atom. The Bertz CT molecular complexity index is 723. The molecule has 0 spiro atoms. The summed E-state index contributed by atoms with van der Waals surface area (Å²) >= 11 is 0. The zero-order chi connectivity index (χ0) is 27.5. The van der Waals surface area contributed by atoms with Gasteiger partial charge in [-0.25, -0.2) is 4.18 Å². The average molecular weight is 785 g/mol. The number of carbonyl (C=O) groups is 2. The van der Waals surface area contributed by atoms with Gasteiger partial charge in [0, 0.05) is 105 Å². The summed E-state index contributed by atoms with van der Waals surface area (Å²) in [6.45, 7) is 9.23. The van der Waals surface area contributed by atoms with Crippen LogP contribution >= 0.6 is 0 Å². The van der Waals surface area contributed by atoms with E-state index in [0.717, 1.165) is 0 Å². The predicted molar refractivity (Wildman–Crippen MR) is 122 cm³/mol. The van der Waals surface area contributed by atoms with Crippen LogP contribution in [0, 0.1) is 34.5 Å². The summed E-state index contributed by atoms with van der Waals surface area (Å²) in [5.74, 6) is -4.93. The van der Waals surface area contributed by atoms with Crippen LogP contribution in [-0.2, 0) is 122 Å². The molecule has 0 saturated heterocycles. The van der Waals surface area contributed by atoms with Gasteiger partial charge in [-0.05, 0) is 35.5 Å². The molecule has 3 radical (unpaired) electrons. The van der Waals surface area contributed by atoms with Crippen molar-refractivity contribution >= 4 is 22.3 Å². The van der Waals surface area contributed by atoms with Crippen LogP contribution in [0.2, 0.25) is 0 Å². The zero-order valence-electron chi connectivity index (χ0n) is 22.4. The molecule has 5 atom stereocenters. The second-order valence-electron chi connectivity index (χ2n) is 10.4. The van der Waals surface area contributed by atoms with E-state index in [1.807, 2.05) is 20.8 Å². The fraction of sp³-hybridized carbons (Fsp3) is 0.905. The van der Waals surface area contributed by atoms with Gasteiger partial charge in [-0.15, -0.1) is 0 Å². The fourth-order valence-corrected chi connectivity index (χ4v) is 3.81. The van der Waals surface area contributed by atoms with Crippen molar-refractivity contribution in [3.63, 3.8) is 0 Å². The van der Waals surface area contributed by atoms with Crippen molar-refractivity contribution in [2.45, 2.75) is 60.5 Å². The van der Waals surface area contributed by atoms with Crippen molar-refractivity contribution in [1.82, 2.24) is 0 Å². The summed E-state index contributed by atoms with van der Waals surface area (Å²) in [6, 6.07) is 0. The van der Waals surface area contributed by atoms with Crippen LogP contribution in [0.15, 0.2) is 0 Å². The van der Waals surface area contributed by atoms with E-state index in [1.165, 1.54) is 0 Å². The number of carboxylic acids is 2. The molecule has 5 unspecified atom stereocenters. The van der Waals surface area contributed by atoms with Gasteiger partial charge in [-0.3, -0.25) is 14.1 Å². The Hall–Kier alpha value is 1.96. The van der Waals surface area contributed by atoms with E-state index in [1.54, 1.807) is 20.8 Å². The van der Waals surface area contributed by atoms with Crippen LogP contribution in [0.25, 0.3) is 0 Å². The normalized spacial score (nSPS) is 15.6. The fourth-order valence-electron chi connectivity index (χ4n) is 3.30. The molecule has 0 heterocycles. The maximum Gasteiger partial charge on any atom is 0.397 e. The first-order valence-electron chi connectivity index (χ1n) is 10.8. The van der Waals surface area contributed by atoms with Crippen LogP contribution < -0.4 is 0 Å². The van der Waals surface area contributed by atoms with Gasteiger partial charge in [-0.2, -0.15) is 8.42 Å². The van der Waals surface area contributed by atoms with Gasteiger partial charge < -0.3 is 30.6 Å². The number of aliphatic hydroxyl groups excluding tert-OH is 4. The van der Waals surface area contributed by atoms with Gasteiger partial charge in [0.1, 0.15) is 6.10 Å². The smallest absolute Gasteiger partial charge is 0.397 e. The molecule has 0 aliphatic rings. The molecule has 12 nitrogen and oxygen atoms in total. The molecular formula is C21H42O12SY3. The Kier molecular flexibility index (Phi) is 29.7. The topological polar surface area (TPSA) is 219 Å². The number of aliphatic carboxylic acids is 2. The molecule has 0 fully saturated rings. The molecule has 0 rings (SSSR count). The largest absolute Gasteiger partial charge is 0.481 e. The first-order chi connectivity index (χ1) is 15.2. The van der Waals surface area contributed by atoms with Gasteiger partial charge in [-0.1, -0.05) is 41.5 Å². The van der Waals surface area contributed by atoms with Crippen molar-refractivity contribution < 1.29 is 156 Å². The maximum absolute atomic E-state index is 11.0. The maximum atomic E-state index is 11.0. The van der Waals surface area contributed by atoms with Crippen molar-refractivity contribution in [3.05, 3.63) is 0 Å². The number of hydrogen-bond donors (Lipinski definition) is 7. The van der Waals surface area contributed by atoms with E-state index in [0.29, 0.717) is 6.42 Å². The van der Waals surface area contributed by atoms with Crippen molar-refractivity contribution in [2.75, 3.05) is 26.4 Å². The Balaban J connectivity index is -0.000000180. The van der Waals surface area contributed by atoms with Gasteiger partial charge in [0.25, 0.3) is 0 Å². The van der Waals surface area contributed by atoms with Crippen molar-refractivity contribution in [1.29, 1.82) is 0 Å². The summed E-state index contributed by atoms with van der Waals surface area (Å²) in [5.41, 5.74) is -0.751. The first kappa shape index (κ1) is 48.7. The number of carboxylic acid groups (broad SMARTS) is 2. The van der Waals surface area contributed by atoms with Crippen LogP contribution in [0.1, 0.15) is 54.4 Å². The molecule has 7 N–H and O–H groups in total. The van der Waals surface area contributed by atoms with Crippen LogP contribution in [0.5, 0.6) is 0 Å². The number of hydrogen-bond acceptors (Lipinski definition) is 9. The molecule has 0 aromatic carbocycles. The minimum Gasteiger partial charge on any atom is -0.481 e. The standard InChI is InChI=1S/C11H22O8S.C10H20O4.3Y/c1-11(2,3)8(4-7(5-12)10(14)15)9(6-13)19-20(16,17)18;1-10(2,3)8(6-12)4-7(5-11)9(13)14;;;/h7-9,12-13H,4-6H2,1-3H3,(H,14,15)(H,16,17,18);7-8,11-12H,4-6H2,1-3H3,(H,13,14);;;. The van der Waals surface area contributed by atoms with Gasteiger partial charge in [0.2, 0.25) is 0 Å². The van der Waals surface area contributed by atoms with Crippen LogP contribution in [0.3, 0.4) is 0 Å². The summed E-state index contributed by atoms with van der Waals surface area (Å²) < 4.78 is 34.7. The van der Waals surface area contributed by atoms with E-state index in [4.69, 9.17) is 30.1 Å². The quantitative estimate of drug-likeness (QED) is 0.128. The SMILES string of the molecule is CC(C)(C)C(CC(CO)C(=O)O)C(CO)OS(=O)(=O)O.CC(C)(C)C(CO)CC(CO)C(=O)O.[Y].[Y].[Y]. The Morgan fingerprint density at radius 1 is 0.703 bits per heavy atom. The molecule has 213 valence electrons. The molecule has 0 amide bonds. The summed E-state index contributed by atoms with van der Waals surface area (Å²) in [7, 11) is -4.77. The molecule has 0 aliphatic carbocycles. The van der Waals surface area contributed by atoms with Crippen molar-refractivity contribution in [3.8, 4) is 0 Å². The molecule has 0 aromatic rings. The third-order valence-electron chi connectivity index (χ3n) is 5.68.